The largest absolute Gasteiger partial charge is 0.339 e. The number of carbonyl (C=O) groups excluding carboxylic acids is 2. The van der Waals surface area contributed by atoms with E-state index in [-0.39, 0.29) is 24.2 Å². The number of nitrogens with one attached hydrogen (secondary N) is 3. The van der Waals surface area contributed by atoms with Gasteiger partial charge in [0.05, 0.1) is 5.52 Å². The van der Waals surface area contributed by atoms with E-state index < -0.39 is 6.04 Å². The molecule has 1 aliphatic rings. The molecule has 3 N–H and O–H groups in total. The van der Waals surface area contributed by atoms with E-state index in [4.69, 9.17) is 0 Å². The molecule has 0 saturated carbocycles. The number of piperazine rings is 1. The quantitative estimate of drug-likeness (QED) is 0.762. The van der Waals surface area contributed by atoms with Crippen molar-refractivity contribution in [2.24, 2.45) is 0 Å². The van der Waals surface area contributed by atoms with Gasteiger partial charge in [0.2, 0.25) is 5.91 Å². The molecule has 1 atom stereocenters. The van der Waals surface area contributed by atoms with Crippen molar-refractivity contribution in [3.05, 3.63) is 30.0 Å². The molecule has 0 bridgehead atoms. The summed E-state index contributed by atoms with van der Waals surface area (Å²) in [5, 5.41) is 13.6. The van der Waals surface area contributed by atoms with Gasteiger partial charge in [0.25, 0.3) is 5.91 Å². The lowest BCUT2D eigenvalue weighted by Crippen LogP contribution is -2.53. The lowest BCUT2D eigenvalue weighted by molar-refractivity contribution is -0.133. The van der Waals surface area contributed by atoms with Crippen molar-refractivity contribution in [1.82, 2.24) is 25.7 Å². The molecule has 2 heterocycles. The van der Waals surface area contributed by atoms with Crippen molar-refractivity contribution in [2.75, 3.05) is 26.2 Å². The minimum absolute atomic E-state index is 0. The number of H-pyrrole nitrogens is 1. The maximum atomic E-state index is 12.3. The van der Waals surface area contributed by atoms with E-state index in [9.17, 15) is 9.59 Å². The van der Waals surface area contributed by atoms with E-state index in [0.29, 0.717) is 18.8 Å². The van der Waals surface area contributed by atoms with Crippen LogP contribution < -0.4 is 10.6 Å². The van der Waals surface area contributed by atoms with Gasteiger partial charge in [0.15, 0.2) is 5.69 Å². The monoisotopic (exact) mass is 337 g/mol. The Hall–Kier alpha value is -2.12. The Bertz CT molecular complexity index is 696. The topological polar surface area (TPSA) is 90.1 Å². The summed E-state index contributed by atoms with van der Waals surface area (Å²) in [6.07, 6.45) is 0. The van der Waals surface area contributed by atoms with Crippen molar-refractivity contribution in [1.29, 1.82) is 0 Å². The number of carbonyl (C=O) groups is 2. The smallest absolute Gasteiger partial charge is 0.273 e. The molecule has 1 aromatic heterocycles. The maximum Gasteiger partial charge on any atom is 0.273 e. The highest BCUT2D eigenvalue weighted by molar-refractivity contribution is 6.05. The van der Waals surface area contributed by atoms with Crippen molar-refractivity contribution < 1.29 is 9.59 Å². The van der Waals surface area contributed by atoms with Crippen LogP contribution in [0.4, 0.5) is 0 Å². The van der Waals surface area contributed by atoms with E-state index in [1.165, 1.54) is 0 Å². The molecule has 7 nitrogen and oxygen atoms in total. The van der Waals surface area contributed by atoms with E-state index in [0.717, 1.165) is 24.0 Å². The molecular formula is C15H20ClN5O2. The first-order valence-corrected chi connectivity index (χ1v) is 7.40. The van der Waals surface area contributed by atoms with Crippen molar-refractivity contribution in [3.8, 4) is 0 Å². The molecule has 2 amide bonds. The van der Waals surface area contributed by atoms with Gasteiger partial charge in [-0.2, -0.15) is 5.10 Å². The fourth-order valence-corrected chi connectivity index (χ4v) is 2.62. The lowest BCUT2D eigenvalue weighted by atomic mass is 10.2. The third-order valence-corrected chi connectivity index (χ3v) is 3.83. The molecule has 0 aliphatic carbocycles. The third-order valence-electron chi connectivity index (χ3n) is 3.83. The van der Waals surface area contributed by atoms with Gasteiger partial charge in [-0.25, -0.2) is 0 Å². The summed E-state index contributed by atoms with van der Waals surface area (Å²) in [7, 11) is 0. The van der Waals surface area contributed by atoms with E-state index in [1.807, 2.05) is 24.3 Å². The van der Waals surface area contributed by atoms with E-state index in [1.54, 1.807) is 11.8 Å². The average Bonchev–Trinajstić information content (AvgIpc) is 2.99. The second kappa shape index (κ2) is 7.43. The Labute approximate surface area is 140 Å². The number of fused-ring (bicyclic) bond motifs is 1. The molecule has 23 heavy (non-hydrogen) atoms. The van der Waals surface area contributed by atoms with Gasteiger partial charge >= 0.3 is 0 Å². The Morgan fingerprint density at radius 2 is 1.96 bits per heavy atom. The summed E-state index contributed by atoms with van der Waals surface area (Å²) < 4.78 is 0. The molecule has 1 saturated heterocycles. The van der Waals surface area contributed by atoms with Crippen LogP contribution in [0.2, 0.25) is 0 Å². The highest BCUT2D eigenvalue weighted by Gasteiger charge is 2.24. The SMILES string of the molecule is CC(NC(=O)c1n[nH]c2ccccc12)C(=O)N1CCNCC1.Cl. The Balaban J connectivity index is 0.00000192. The standard InChI is InChI=1S/C15H19N5O2.ClH/c1-10(15(22)20-8-6-16-7-9-20)17-14(21)13-11-4-2-3-5-12(11)18-19-13;/h2-5,10,16H,6-9H2,1H3,(H,17,21)(H,18,19);1H. The van der Waals surface area contributed by atoms with Crippen LogP contribution in [0, 0.1) is 0 Å². The van der Waals surface area contributed by atoms with Crippen LogP contribution in [0.5, 0.6) is 0 Å². The van der Waals surface area contributed by atoms with Gasteiger partial charge in [-0.05, 0) is 13.0 Å². The van der Waals surface area contributed by atoms with Crippen LogP contribution in [0.15, 0.2) is 24.3 Å². The van der Waals surface area contributed by atoms with Crippen LogP contribution >= 0.6 is 12.4 Å². The highest BCUT2D eigenvalue weighted by Crippen LogP contribution is 2.15. The number of aromatic nitrogens is 2. The van der Waals surface area contributed by atoms with Crippen molar-refractivity contribution >= 4 is 35.1 Å². The minimum atomic E-state index is -0.568. The van der Waals surface area contributed by atoms with Gasteiger partial charge in [0, 0.05) is 31.6 Å². The molecule has 1 fully saturated rings. The number of hydrogen-bond donors (Lipinski definition) is 3. The Morgan fingerprint density at radius 3 is 2.70 bits per heavy atom. The summed E-state index contributed by atoms with van der Waals surface area (Å²) in [6.45, 7) is 4.62. The first kappa shape index (κ1) is 17.2. The normalized spacial score (nSPS) is 15.8. The number of aromatic amines is 1. The first-order chi connectivity index (χ1) is 10.7. The fourth-order valence-electron chi connectivity index (χ4n) is 2.62. The van der Waals surface area contributed by atoms with Gasteiger partial charge in [-0.1, -0.05) is 18.2 Å². The van der Waals surface area contributed by atoms with Gasteiger partial charge in [-0.15, -0.1) is 12.4 Å². The van der Waals surface area contributed by atoms with Gasteiger partial charge in [-0.3, -0.25) is 14.7 Å². The zero-order valence-corrected chi connectivity index (χ0v) is 13.7. The number of benzene rings is 1. The predicted octanol–water partition coefficient (Wildman–Crippen LogP) is 0.535. The third kappa shape index (κ3) is 3.62. The summed E-state index contributed by atoms with van der Waals surface area (Å²) in [6, 6.07) is 6.84. The average molecular weight is 338 g/mol. The zero-order chi connectivity index (χ0) is 15.5. The molecule has 1 unspecified atom stereocenters. The molecule has 3 rings (SSSR count). The number of para-hydroxylation sites is 1. The second-order valence-corrected chi connectivity index (χ2v) is 5.39. The molecule has 2 aromatic rings. The number of nitrogens with zero attached hydrogens (tertiary/aromatic N) is 2. The lowest BCUT2D eigenvalue weighted by Gasteiger charge is -2.29. The molecule has 1 aliphatic heterocycles. The Morgan fingerprint density at radius 1 is 1.26 bits per heavy atom. The predicted molar refractivity (Wildman–Crippen MR) is 89.7 cm³/mol. The summed E-state index contributed by atoms with van der Waals surface area (Å²) in [5.41, 5.74) is 1.12. The molecule has 8 heteroatoms. The van der Waals surface area contributed by atoms with Crippen LogP contribution in [0.3, 0.4) is 0 Å². The molecule has 0 spiro atoms. The van der Waals surface area contributed by atoms with E-state index in [2.05, 4.69) is 20.8 Å². The van der Waals surface area contributed by atoms with Crippen molar-refractivity contribution in [2.45, 2.75) is 13.0 Å². The number of halogens is 1. The van der Waals surface area contributed by atoms with Crippen LogP contribution in [0.1, 0.15) is 17.4 Å². The Kier molecular flexibility index (Phi) is 5.57. The maximum absolute atomic E-state index is 12.3. The minimum Gasteiger partial charge on any atom is -0.339 e. The summed E-state index contributed by atoms with van der Waals surface area (Å²) in [4.78, 5) is 26.4. The molecular weight excluding hydrogens is 318 g/mol. The van der Waals surface area contributed by atoms with Crippen LogP contribution in [0.25, 0.3) is 10.9 Å². The number of hydrogen-bond acceptors (Lipinski definition) is 4. The van der Waals surface area contributed by atoms with Crippen LogP contribution in [-0.2, 0) is 4.79 Å². The number of amides is 2. The van der Waals surface area contributed by atoms with Gasteiger partial charge in [0.1, 0.15) is 6.04 Å². The summed E-state index contributed by atoms with van der Waals surface area (Å²) >= 11 is 0. The number of rotatable bonds is 3. The first-order valence-electron chi connectivity index (χ1n) is 7.40. The fraction of sp³-hybridized carbons (Fsp3) is 0.400. The molecule has 1 aromatic carbocycles. The highest BCUT2D eigenvalue weighted by atomic mass is 35.5. The van der Waals surface area contributed by atoms with Gasteiger partial charge < -0.3 is 15.5 Å². The summed E-state index contributed by atoms with van der Waals surface area (Å²) in [5.74, 6) is -0.400. The molecule has 0 radical (unpaired) electrons. The molecule has 124 valence electrons. The second-order valence-electron chi connectivity index (χ2n) is 5.39. The van der Waals surface area contributed by atoms with E-state index >= 15 is 0 Å². The zero-order valence-electron chi connectivity index (χ0n) is 12.8. The van der Waals surface area contributed by atoms with Crippen LogP contribution in [-0.4, -0.2) is 59.1 Å². The van der Waals surface area contributed by atoms with Crippen molar-refractivity contribution in [3.63, 3.8) is 0 Å².